The standard InChI is InChI=1S/C20H25NO2/c1-20(18-12-7-4-8-13-18,16-17-10-5-3-6-11-17)19(22)21-14-9-15-23-2/h3-8,10-13H,9,14-16H2,1-2H3,(H,21,22). The molecule has 1 unspecified atom stereocenters. The number of rotatable bonds is 8. The fourth-order valence-corrected chi connectivity index (χ4v) is 2.74. The third-order valence-corrected chi connectivity index (χ3v) is 4.12. The van der Waals surface area contributed by atoms with Crippen molar-refractivity contribution in [3.05, 3.63) is 71.8 Å². The average molecular weight is 311 g/mol. The highest BCUT2D eigenvalue weighted by molar-refractivity contribution is 5.88. The monoisotopic (exact) mass is 311 g/mol. The summed E-state index contributed by atoms with van der Waals surface area (Å²) >= 11 is 0. The first kappa shape index (κ1) is 17.2. The first-order valence-electron chi connectivity index (χ1n) is 8.03. The van der Waals surface area contributed by atoms with Gasteiger partial charge in [0.2, 0.25) is 5.91 Å². The fraction of sp³-hybridized carbons (Fsp3) is 0.350. The van der Waals surface area contributed by atoms with Crippen LogP contribution >= 0.6 is 0 Å². The minimum Gasteiger partial charge on any atom is -0.385 e. The van der Waals surface area contributed by atoms with Gasteiger partial charge in [-0.15, -0.1) is 0 Å². The van der Waals surface area contributed by atoms with E-state index >= 15 is 0 Å². The first-order valence-corrected chi connectivity index (χ1v) is 8.03. The predicted octanol–water partition coefficient (Wildman–Crippen LogP) is 3.34. The lowest BCUT2D eigenvalue weighted by molar-refractivity contribution is -0.126. The van der Waals surface area contributed by atoms with Gasteiger partial charge in [0.1, 0.15) is 0 Å². The molecule has 2 rings (SSSR count). The lowest BCUT2D eigenvalue weighted by Crippen LogP contribution is -2.44. The molecule has 1 N–H and O–H groups in total. The number of benzene rings is 2. The topological polar surface area (TPSA) is 38.3 Å². The van der Waals surface area contributed by atoms with Gasteiger partial charge in [-0.2, -0.15) is 0 Å². The molecule has 0 radical (unpaired) electrons. The van der Waals surface area contributed by atoms with Gasteiger partial charge >= 0.3 is 0 Å². The zero-order valence-electron chi connectivity index (χ0n) is 13.9. The Balaban J connectivity index is 2.19. The van der Waals surface area contributed by atoms with Crippen molar-refractivity contribution in [1.29, 1.82) is 0 Å². The molecule has 23 heavy (non-hydrogen) atoms. The van der Waals surface area contributed by atoms with E-state index < -0.39 is 5.41 Å². The summed E-state index contributed by atoms with van der Waals surface area (Å²) in [6.45, 7) is 3.30. The van der Waals surface area contributed by atoms with Crippen molar-refractivity contribution in [2.45, 2.75) is 25.2 Å². The van der Waals surface area contributed by atoms with Crippen molar-refractivity contribution in [2.24, 2.45) is 0 Å². The molecule has 0 heterocycles. The lowest BCUT2D eigenvalue weighted by atomic mass is 9.76. The minimum absolute atomic E-state index is 0.0589. The van der Waals surface area contributed by atoms with Gasteiger partial charge in [-0.05, 0) is 30.9 Å². The van der Waals surface area contributed by atoms with E-state index in [1.54, 1.807) is 7.11 Å². The van der Waals surface area contributed by atoms with Gasteiger partial charge in [0.25, 0.3) is 0 Å². The summed E-state index contributed by atoms with van der Waals surface area (Å²) in [5.74, 6) is 0.0589. The Morgan fingerprint density at radius 2 is 1.65 bits per heavy atom. The van der Waals surface area contributed by atoms with Crippen LogP contribution in [0.15, 0.2) is 60.7 Å². The molecule has 0 aliphatic carbocycles. The van der Waals surface area contributed by atoms with Crippen LogP contribution < -0.4 is 5.32 Å². The van der Waals surface area contributed by atoms with Crippen LogP contribution in [0.25, 0.3) is 0 Å². The molecule has 0 aliphatic rings. The number of methoxy groups -OCH3 is 1. The van der Waals surface area contributed by atoms with E-state index in [0.29, 0.717) is 19.6 Å². The largest absolute Gasteiger partial charge is 0.385 e. The van der Waals surface area contributed by atoms with E-state index in [-0.39, 0.29) is 5.91 Å². The van der Waals surface area contributed by atoms with Crippen molar-refractivity contribution in [2.75, 3.05) is 20.3 Å². The maximum Gasteiger partial charge on any atom is 0.230 e. The Hall–Kier alpha value is -2.13. The first-order chi connectivity index (χ1) is 11.2. The molecule has 1 atom stereocenters. The Morgan fingerprint density at radius 3 is 2.26 bits per heavy atom. The number of hydrogen-bond donors (Lipinski definition) is 1. The number of carbonyl (C=O) groups excluding carboxylic acids is 1. The molecule has 0 spiro atoms. The van der Waals surface area contributed by atoms with E-state index in [9.17, 15) is 4.79 Å². The van der Waals surface area contributed by atoms with Crippen LogP contribution in [0.5, 0.6) is 0 Å². The fourth-order valence-electron chi connectivity index (χ4n) is 2.74. The normalized spacial score (nSPS) is 13.3. The number of carbonyl (C=O) groups is 1. The second kappa shape index (κ2) is 8.49. The molecule has 0 bridgehead atoms. The predicted molar refractivity (Wildman–Crippen MR) is 93.4 cm³/mol. The molecular weight excluding hydrogens is 286 g/mol. The SMILES string of the molecule is COCCCNC(=O)C(C)(Cc1ccccc1)c1ccccc1. The van der Waals surface area contributed by atoms with Gasteiger partial charge in [0.05, 0.1) is 5.41 Å². The van der Waals surface area contributed by atoms with Crippen molar-refractivity contribution in [3.63, 3.8) is 0 Å². The zero-order chi connectivity index (χ0) is 16.5. The van der Waals surface area contributed by atoms with Crippen molar-refractivity contribution >= 4 is 5.91 Å². The molecule has 3 nitrogen and oxygen atoms in total. The summed E-state index contributed by atoms with van der Waals surface area (Å²) in [7, 11) is 1.67. The molecule has 0 fully saturated rings. The third-order valence-electron chi connectivity index (χ3n) is 4.12. The highest BCUT2D eigenvalue weighted by atomic mass is 16.5. The highest BCUT2D eigenvalue weighted by Crippen LogP contribution is 2.28. The number of nitrogens with one attached hydrogen (secondary N) is 1. The van der Waals surface area contributed by atoms with Gasteiger partial charge in [0.15, 0.2) is 0 Å². The van der Waals surface area contributed by atoms with Gasteiger partial charge in [-0.3, -0.25) is 4.79 Å². The van der Waals surface area contributed by atoms with E-state index in [0.717, 1.165) is 17.5 Å². The van der Waals surface area contributed by atoms with Gasteiger partial charge in [-0.25, -0.2) is 0 Å². The van der Waals surface area contributed by atoms with Crippen molar-refractivity contribution in [1.82, 2.24) is 5.32 Å². The van der Waals surface area contributed by atoms with Crippen LogP contribution in [-0.4, -0.2) is 26.2 Å². The molecule has 0 aromatic heterocycles. The summed E-state index contributed by atoms with van der Waals surface area (Å²) in [6, 6.07) is 20.1. The average Bonchev–Trinajstić information content (AvgIpc) is 2.60. The number of ether oxygens (including phenoxy) is 1. The summed E-state index contributed by atoms with van der Waals surface area (Å²) in [6.07, 6.45) is 1.49. The molecule has 1 amide bonds. The molecule has 0 saturated carbocycles. The van der Waals surface area contributed by atoms with E-state index in [2.05, 4.69) is 17.4 Å². The van der Waals surface area contributed by atoms with Gasteiger partial charge < -0.3 is 10.1 Å². The van der Waals surface area contributed by atoms with E-state index in [4.69, 9.17) is 4.74 Å². The Kier molecular flexibility index (Phi) is 6.36. The maximum absolute atomic E-state index is 12.9. The van der Waals surface area contributed by atoms with Crippen LogP contribution in [0.2, 0.25) is 0 Å². The van der Waals surface area contributed by atoms with Crippen LogP contribution in [0.3, 0.4) is 0 Å². The zero-order valence-corrected chi connectivity index (χ0v) is 13.9. The summed E-state index contributed by atoms with van der Waals surface area (Å²) in [5.41, 5.74) is 1.61. The second-order valence-electron chi connectivity index (χ2n) is 5.96. The minimum atomic E-state index is -0.588. The lowest BCUT2D eigenvalue weighted by Gasteiger charge is -2.29. The Morgan fingerprint density at radius 1 is 1.04 bits per heavy atom. The van der Waals surface area contributed by atoms with Gasteiger partial charge in [0, 0.05) is 20.3 Å². The van der Waals surface area contributed by atoms with Crippen LogP contribution in [-0.2, 0) is 21.4 Å². The van der Waals surface area contributed by atoms with Crippen LogP contribution in [0.4, 0.5) is 0 Å². The maximum atomic E-state index is 12.9. The number of hydrogen-bond acceptors (Lipinski definition) is 2. The Bertz CT molecular complexity index is 598. The second-order valence-corrected chi connectivity index (χ2v) is 5.96. The van der Waals surface area contributed by atoms with Gasteiger partial charge in [-0.1, -0.05) is 60.7 Å². The highest BCUT2D eigenvalue weighted by Gasteiger charge is 2.34. The molecule has 2 aromatic rings. The molecule has 122 valence electrons. The summed E-state index contributed by atoms with van der Waals surface area (Å²) in [5, 5.41) is 3.06. The molecule has 3 heteroatoms. The molecule has 0 aliphatic heterocycles. The van der Waals surface area contributed by atoms with Crippen molar-refractivity contribution < 1.29 is 9.53 Å². The third kappa shape index (κ3) is 4.67. The molecule has 2 aromatic carbocycles. The van der Waals surface area contributed by atoms with Crippen LogP contribution in [0, 0.1) is 0 Å². The smallest absolute Gasteiger partial charge is 0.230 e. The van der Waals surface area contributed by atoms with Crippen LogP contribution in [0.1, 0.15) is 24.5 Å². The molecular formula is C20H25NO2. The molecule has 0 saturated heterocycles. The Labute approximate surface area is 138 Å². The summed E-state index contributed by atoms with van der Waals surface area (Å²) in [4.78, 5) is 12.9. The number of amides is 1. The quantitative estimate of drug-likeness (QED) is 0.759. The van der Waals surface area contributed by atoms with Crippen molar-refractivity contribution in [3.8, 4) is 0 Å². The van der Waals surface area contributed by atoms with E-state index in [1.165, 1.54) is 0 Å². The van der Waals surface area contributed by atoms with E-state index in [1.807, 2.05) is 55.5 Å². The summed E-state index contributed by atoms with van der Waals surface area (Å²) < 4.78 is 5.04.